The van der Waals surface area contributed by atoms with Crippen LogP contribution in [0, 0.1) is 5.82 Å². The predicted molar refractivity (Wildman–Crippen MR) is 65.6 cm³/mol. The molecule has 1 aromatic carbocycles. The van der Waals surface area contributed by atoms with Gasteiger partial charge in [-0.05, 0) is 18.2 Å². The summed E-state index contributed by atoms with van der Waals surface area (Å²) in [5, 5.41) is 0.0795. The highest BCUT2D eigenvalue weighted by atomic mass is 35.5. The highest BCUT2D eigenvalue weighted by molar-refractivity contribution is 6.35. The van der Waals surface area contributed by atoms with Gasteiger partial charge in [0, 0.05) is 17.8 Å². The van der Waals surface area contributed by atoms with Gasteiger partial charge in [-0.3, -0.25) is 4.79 Å². The number of benzene rings is 1. The number of aromatic nitrogens is 1. The molecule has 0 fully saturated rings. The molecule has 0 spiro atoms. The van der Waals surface area contributed by atoms with Crippen molar-refractivity contribution in [3.05, 3.63) is 58.5 Å². The predicted octanol–water partition coefficient (Wildman–Crippen LogP) is 3.11. The first kappa shape index (κ1) is 12.5. The quantitative estimate of drug-likeness (QED) is 0.801. The number of carbonyl (C=O) groups excluding carboxylic acids is 1. The summed E-state index contributed by atoms with van der Waals surface area (Å²) in [4.78, 5) is 16.0. The van der Waals surface area contributed by atoms with Gasteiger partial charge in [-0.15, -0.1) is 0 Å². The number of carbonyl (C=O) groups is 1. The van der Waals surface area contributed by atoms with E-state index < -0.39 is 11.6 Å². The summed E-state index contributed by atoms with van der Waals surface area (Å²) in [6, 6.07) is 7.14. The molecule has 0 N–H and O–H groups in total. The van der Waals surface area contributed by atoms with Gasteiger partial charge >= 0.3 is 0 Å². The van der Waals surface area contributed by atoms with E-state index in [0.717, 1.165) is 0 Å². The zero-order valence-corrected chi connectivity index (χ0v) is 10.2. The third-order valence-electron chi connectivity index (χ3n) is 2.40. The number of hydrogen-bond acceptors (Lipinski definition) is 3. The van der Waals surface area contributed by atoms with Crippen LogP contribution < -0.4 is 4.74 Å². The molecule has 0 unspecified atom stereocenters. The number of ether oxygens (including phenoxy) is 1. The second kappa shape index (κ2) is 5.14. The molecule has 0 amide bonds. The number of rotatable bonds is 3. The molecule has 2 aromatic rings. The summed E-state index contributed by atoms with van der Waals surface area (Å²) in [5.41, 5.74) is 0.105. The van der Waals surface area contributed by atoms with Crippen LogP contribution >= 0.6 is 11.6 Å². The van der Waals surface area contributed by atoms with Crippen molar-refractivity contribution in [1.29, 1.82) is 0 Å². The molecule has 18 heavy (non-hydrogen) atoms. The lowest BCUT2D eigenvalue weighted by Gasteiger charge is -2.05. The number of nitrogens with zero attached hydrogens (tertiary/aromatic N) is 1. The van der Waals surface area contributed by atoms with Crippen LogP contribution in [0.1, 0.15) is 15.9 Å². The van der Waals surface area contributed by atoms with Crippen LogP contribution in [0.4, 0.5) is 4.39 Å². The fourth-order valence-corrected chi connectivity index (χ4v) is 1.74. The first-order valence-corrected chi connectivity index (χ1v) is 5.50. The summed E-state index contributed by atoms with van der Waals surface area (Å²) in [6.07, 6.45) is 1.32. The second-order valence-corrected chi connectivity index (χ2v) is 3.92. The van der Waals surface area contributed by atoms with Gasteiger partial charge in [-0.25, -0.2) is 9.37 Å². The molecule has 1 heterocycles. The molecule has 92 valence electrons. The molecule has 0 aliphatic heterocycles. The van der Waals surface area contributed by atoms with Gasteiger partial charge in [0.05, 0.1) is 17.7 Å². The average Bonchev–Trinajstić information content (AvgIpc) is 2.38. The smallest absolute Gasteiger partial charge is 0.212 e. The summed E-state index contributed by atoms with van der Waals surface area (Å²) in [7, 11) is 1.47. The minimum Gasteiger partial charge on any atom is -0.481 e. The van der Waals surface area contributed by atoms with Crippen molar-refractivity contribution in [2.45, 2.75) is 0 Å². The molecule has 0 radical (unpaired) electrons. The third kappa shape index (κ3) is 2.33. The van der Waals surface area contributed by atoms with E-state index in [1.165, 1.54) is 43.6 Å². The molecule has 0 bridgehead atoms. The van der Waals surface area contributed by atoms with E-state index in [1.54, 1.807) is 0 Å². The SMILES string of the molecule is COc1ccc(C(=O)c2c(F)cccc2Cl)cn1. The van der Waals surface area contributed by atoms with Crippen LogP contribution in [0.15, 0.2) is 36.5 Å². The number of hydrogen-bond donors (Lipinski definition) is 0. The molecule has 3 nitrogen and oxygen atoms in total. The van der Waals surface area contributed by atoms with Gasteiger partial charge in [0.15, 0.2) is 5.78 Å². The van der Waals surface area contributed by atoms with E-state index in [9.17, 15) is 9.18 Å². The van der Waals surface area contributed by atoms with Crippen LogP contribution in [0.5, 0.6) is 5.88 Å². The van der Waals surface area contributed by atoms with Crippen molar-refractivity contribution in [2.24, 2.45) is 0 Å². The number of methoxy groups -OCH3 is 1. The summed E-state index contributed by atoms with van der Waals surface area (Å²) < 4.78 is 18.5. The third-order valence-corrected chi connectivity index (χ3v) is 2.71. The van der Waals surface area contributed by atoms with Gasteiger partial charge in [0.1, 0.15) is 5.82 Å². The Kier molecular flexibility index (Phi) is 3.58. The van der Waals surface area contributed by atoms with Crippen molar-refractivity contribution < 1.29 is 13.9 Å². The largest absolute Gasteiger partial charge is 0.481 e. The average molecular weight is 266 g/mol. The lowest BCUT2D eigenvalue weighted by atomic mass is 10.0. The van der Waals surface area contributed by atoms with Crippen LogP contribution in [0.2, 0.25) is 5.02 Å². The maximum atomic E-state index is 13.6. The molecule has 2 rings (SSSR count). The summed E-state index contributed by atoms with van der Waals surface area (Å²) in [6.45, 7) is 0. The van der Waals surface area contributed by atoms with Gasteiger partial charge in [0.25, 0.3) is 0 Å². The number of ketones is 1. The lowest BCUT2D eigenvalue weighted by molar-refractivity contribution is 0.103. The van der Waals surface area contributed by atoms with Crippen LogP contribution in [0.3, 0.4) is 0 Å². The Morgan fingerprint density at radius 1 is 1.33 bits per heavy atom. The highest BCUT2D eigenvalue weighted by Gasteiger charge is 2.17. The Hall–Kier alpha value is -1.94. The Morgan fingerprint density at radius 2 is 2.11 bits per heavy atom. The summed E-state index contributed by atoms with van der Waals surface area (Å²) in [5.74, 6) is -0.775. The minimum absolute atomic E-state index is 0.0795. The molecular weight excluding hydrogens is 257 g/mol. The van der Waals surface area contributed by atoms with Crippen LogP contribution in [-0.4, -0.2) is 17.9 Å². The maximum absolute atomic E-state index is 13.6. The normalized spacial score (nSPS) is 10.2. The number of pyridine rings is 1. The molecule has 0 aliphatic rings. The van der Waals surface area contributed by atoms with Crippen molar-refractivity contribution in [3.63, 3.8) is 0 Å². The Labute approximate surface area is 108 Å². The minimum atomic E-state index is -0.650. The highest BCUT2D eigenvalue weighted by Crippen LogP contribution is 2.22. The molecule has 0 atom stereocenters. The first-order chi connectivity index (χ1) is 8.63. The van der Waals surface area contributed by atoms with E-state index in [2.05, 4.69) is 4.98 Å². The topological polar surface area (TPSA) is 39.2 Å². The molecule has 0 saturated heterocycles. The lowest BCUT2D eigenvalue weighted by Crippen LogP contribution is -2.06. The Morgan fingerprint density at radius 3 is 2.67 bits per heavy atom. The van der Waals surface area contributed by atoms with Gasteiger partial charge in [0.2, 0.25) is 5.88 Å². The van der Waals surface area contributed by atoms with E-state index in [0.29, 0.717) is 5.88 Å². The van der Waals surface area contributed by atoms with Gasteiger partial charge in [-0.2, -0.15) is 0 Å². The Bertz CT molecular complexity index is 564. The second-order valence-electron chi connectivity index (χ2n) is 3.52. The van der Waals surface area contributed by atoms with Crippen molar-refractivity contribution in [2.75, 3.05) is 7.11 Å². The zero-order chi connectivity index (χ0) is 13.1. The van der Waals surface area contributed by atoms with Crippen molar-refractivity contribution in [3.8, 4) is 5.88 Å². The summed E-state index contributed by atoms with van der Waals surface area (Å²) >= 11 is 5.83. The molecule has 0 aliphatic carbocycles. The van der Waals surface area contributed by atoms with E-state index in [4.69, 9.17) is 16.3 Å². The van der Waals surface area contributed by atoms with E-state index >= 15 is 0 Å². The maximum Gasteiger partial charge on any atom is 0.212 e. The van der Waals surface area contributed by atoms with Crippen molar-refractivity contribution in [1.82, 2.24) is 4.98 Å². The molecule has 1 aromatic heterocycles. The zero-order valence-electron chi connectivity index (χ0n) is 9.48. The number of halogens is 2. The van der Waals surface area contributed by atoms with Gasteiger partial charge < -0.3 is 4.74 Å². The first-order valence-electron chi connectivity index (χ1n) is 5.12. The van der Waals surface area contributed by atoms with Crippen LogP contribution in [0.25, 0.3) is 0 Å². The molecule has 5 heteroatoms. The molecule has 0 saturated carbocycles. The fraction of sp³-hybridized carbons (Fsp3) is 0.0769. The fourth-order valence-electron chi connectivity index (χ4n) is 1.49. The van der Waals surface area contributed by atoms with E-state index in [1.807, 2.05) is 0 Å². The van der Waals surface area contributed by atoms with Crippen LogP contribution in [-0.2, 0) is 0 Å². The Balaban J connectivity index is 2.41. The standard InChI is InChI=1S/C13H9ClFNO2/c1-18-11-6-5-8(7-16-11)13(17)12-9(14)3-2-4-10(12)15/h2-7H,1H3. The van der Waals surface area contributed by atoms with E-state index in [-0.39, 0.29) is 16.1 Å². The molecular formula is C13H9ClFNO2. The van der Waals surface area contributed by atoms with Crippen molar-refractivity contribution >= 4 is 17.4 Å². The monoisotopic (exact) mass is 265 g/mol. The van der Waals surface area contributed by atoms with Gasteiger partial charge in [-0.1, -0.05) is 17.7 Å².